The van der Waals surface area contributed by atoms with Crippen molar-refractivity contribution < 1.29 is 4.74 Å². The molecule has 0 bridgehead atoms. The van der Waals surface area contributed by atoms with Crippen LogP contribution < -0.4 is 5.32 Å². The normalized spacial score (nSPS) is 18.5. The molecule has 4 nitrogen and oxygen atoms in total. The molecule has 2 heterocycles. The zero-order chi connectivity index (χ0) is 14.8. The van der Waals surface area contributed by atoms with Gasteiger partial charge in [-0.2, -0.15) is 0 Å². The first-order chi connectivity index (χ1) is 10.1. The Hall–Kier alpha value is -1.39. The first-order valence-corrected chi connectivity index (χ1v) is 7.93. The standard InChI is InChI=1S/C17H25N3O/c1-11(2)16(18-13-6-8-21-9-7-13)17-19-14-5-4-12(3)10-15(14)20-17/h4-5,10-11,13,16,18H,6-9H2,1-3H3,(H,19,20)/t16-/m0/s1. The fourth-order valence-electron chi connectivity index (χ4n) is 3.00. The molecule has 21 heavy (non-hydrogen) atoms. The highest BCUT2D eigenvalue weighted by Gasteiger charge is 2.24. The molecule has 1 saturated heterocycles. The van der Waals surface area contributed by atoms with Crippen LogP contribution >= 0.6 is 0 Å². The maximum absolute atomic E-state index is 5.45. The van der Waals surface area contributed by atoms with Gasteiger partial charge in [-0.25, -0.2) is 4.98 Å². The molecule has 0 unspecified atom stereocenters. The molecule has 0 aliphatic carbocycles. The topological polar surface area (TPSA) is 49.9 Å². The molecule has 0 spiro atoms. The number of ether oxygens (including phenoxy) is 1. The average Bonchev–Trinajstić information content (AvgIpc) is 2.88. The molecule has 2 N–H and O–H groups in total. The van der Waals surface area contributed by atoms with Crippen LogP contribution in [0, 0.1) is 12.8 Å². The highest BCUT2D eigenvalue weighted by molar-refractivity contribution is 5.75. The lowest BCUT2D eigenvalue weighted by atomic mass is 10.00. The molecule has 1 fully saturated rings. The molecular weight excluding hydrogens is 262 g/mol. The number of nitrogens with zero attached hydrogens (tertiary/aromatic N) is 1. The molecule has 2 aromatic rings. The Kier molecular flexibility index (Phi) is 4.27. The van der Waals surface area contributed by atoms with Crippen molar-refractivity contribution in [3.63, 3.8) is 0 Å². The fourth-order valence-corrected chi connectivity index (χ4v) is 3.00. The lowest BCUT2D eigenvalue weighted by Crippen LogP contribution is -2.39. The van der Waals surface area contributed by atoms with Crippen molar-refractivity contribution in [2.24, 2.45) is 5.92 Å². The number of rotatable bonds is 4. The Labute approximate surface area is 126 Å². The summed E-state index contributed by atoms with van der Waals surface area (Å²) in [6, 6.07) is 7.17. The number of fused-ring (bicyclic) bond motifs is 1. The largest absolute Gasteiger partial charge is 0.381 e. The van der Waals surface area contributed by atoms with E-state index < -0.39 is 0 Å². The van der Waals surface area contributed by atoms with Crippen LogP contribution in [0.1, 0.15) is 44.1 Å². The Morgan fingerprint density at radius 1 is 1.29 bits per heavy atom. The third kappa shape index (κ3) is 3.27. The summed E-state index contributed by atoms with van der Waals surface area (Å²) in [7, 11) is 0. The summed E-state index contributed by atoms with van der Waals surface area (Å²) in [4.78, 5) is 8.29. The van der Waals surface area contributed by atoms with Crippen LogP contribution in [0.25, 0.3) is 11.0 Å². The number of imidazole rings is 1. The summed E-state index contributed by atoms with van der Waals surface area (Å²) in [5, 5.41) is 3.77. The van der Waals surface area contributed by atoms with Gasteiger partial charge in [-0.15, -0.1) is 0 Å². The number of aromatic amines is 1. The van der Waals surface area contributed by atoms with E-state index in [9.17, 15) is 0 Å². The van der Waals surface area contributed by atoms with Gasteiger partial charge >= 0.3 is 0 Å². The lowest BCUT2D eigenvalue weighted by molar-refractivity contribution is 0.0724. The van der Waals surface area contributed by atoms with E-state index >= 15 is 0 Å². The number of benzene rings is 1. The number of aromatic nitrogens is 2. The van der Waals surface area contributed by atoms with Crippen molar-refractivity contribution in [2.45, 2.75) is 45.7 Å². The second kappa shape index (κ2) is 6.16. The van der Waals surface area contributed by atoms with E-state index in [1.807, 2.05) is 0 Å². The Morgan fingerprint density at radius 3 is 2.76 bits per heavy atom. The molecule has 0 radical (unpaired) electrons. The molecule has 1 aromatic heterocycles. The van der Waals surface area contributed by atoms with Crippen LogP contribution in [0.4, 0.5) is 0 Å². The quantitative estimate of drug-likeness (QED) is 0.907. The predicted molar refractivity (Wildman–Crippen MR) is 85.4 cm³/mol. The molecule has 1 aliphatic rings. The van der Waals surface area contributed by atoms with Gasteiger partial charge < -0.3 is 15.0 Å². The van der Waals surface area contributed by atoms with Gasteiger partial charge in [-0.05, 0) is 43.4 Å². The maximum Gasteiger partial charge on any atom is 0.124 e. The second-order valence-corrected chi connectivity index (χ2v) is 6.42. The van der Waals surface area contributed by atoms with Gasteiger partial charge in [-0.1, -0.05) is 19.9 Å². The minimum Gasteiger partial charge on any atom is -0.381 e. The van der Waals surface area contributed by atoms with Crippen LogP contribution in [0.5, 0.6) is 0 Å². The third-order valence-corrected chi connectivity index (χ3v) is 4.25. The summed E-state index contributed by atoms with van der Waals surface area (Å²) in [5.74, 6) is 1.55. The van der Waals surface area contributed by atoms with Crippen LogP contribution in [-0.2, 0) is 4.74 Å². The SMILES string of the molecule is Cc1ccc2nc([C@@H](NC3CCOCC3)C(C)C)[nH]c2c1. The number of hydrogen-bond donors (Lipinski definition) is 2. The van der Waals surface area contributed by atoms with Gasteiger partial charge in [0, 0.05) is 19.3 Å². The molecule has 114 valence electrons. The van der Waals surface area contributed by atoms with Gasteiger partial charge in [0.05, 0.1) is 17.1 Å². The molecule has 3 rings (SSSR count). The zero-order valence-corrected chi connectivity index (χ0v) is 13.1. The van der Waals surface area contributed by atoms with Crippen molar-refractivity contribution in [3.05, 3.63) is 29.6 Å². The monoisotopic (exact) mass is 287 g/mol. The Balaban J connectivity index is 1.84. The van der Waals surface area contributed by atoms with E-state index in [1.54, 1.807) is 0 Å². The molecule has 1 aliphatic heterocycles. The van der Waals surface area contributed by atoms with E-state index in [4.69, 9.17) is 9.72 Å². The first-order valence-electron chi connectivity index (χ1n) is 7.93. The number of nitrogens with one attached hydrogen (secondary N) is 2. The third-order valence-electron chi connectivity index (χ3n) is 4.25. The molecule has 0 saturated carbocycles. The maximum atomic E-state index is 5.45. The van der Waals surface area contributed by atoms with Crippen molar-refractivity contribution in [2.75, 3.05) is 13.2 Å². The Bertz CT molecular complexity index is 599. The van der Waals surface area contributed by atoms with E-state index in [1.165, 1.54) is 5.56 Å². The molecule has 1 atom stereocenters. The molecule has 0 amide bonds. The number of aryl methyl sites for hydroxylation is 1. The summed E-state index contributed by atoms with van der Waals surface area (Å²) >= 11 is 0. The van der Waals surface area contributed by atoms with Gasteiger partial charge in [0.2, 0.25) is 0 Å². The molecular formula is C17H25N3O. The highest BCUT2D eigenvalue weighted by atomic mass is 16.5. The first kappa shape index (κ1) is 14.5. The van der Waals surface area contributed by atoms with Gasteiger partial charge in [0.25, 0.3) is 0 Å². The number of hydrogen-bond acceptors (Lipinski definition) is 3. The van der Waals surface area contributed by atoms with Gasteiger partial charge in [0.1, 0.15) is 5.82 Å². The molecule has 1 aromatic carbocycles. The highest BCUT2D eigenvalue weighted by Crippen LogP contribution is 2.24. The zero-order valence-electron chi connectivity index (χ0n) is 13.1. The van der Waals surface area contributed by atoms with Crippen LogP contribution in [0.3, 0.4) is 0 Å². The minimum absolute atomic E-state index is 0.265. The van der Waals surface area contributed by atoms with Crippen LogP contribution in [-0.4, -0.2) is 29.2 Å². The van der Waals surface area contributed by atoms with E-state index in [0.717, 1.165) is 42.9 Å². The van der Waals surface area contributed by atoms with Gasteiger partial charge in [0.15, 0.2) is 0 Å². The van der Waals surface area contributed by atoms with E-state index in [0.29, 0.717) is 12.0 Å². The fraction of sp³-hybridized carbons (Fsp3) is 0.588. The number of H-pyrrole nitrogens is 1. The van der Waals surface area contributed by atoms with Crippen molar-refractivity contribution in [1.29, 1.82) is 0 Å². The second-order valence-electron chi connectivity index (χ2n) is 6.42. The summed E-state index contributed by atoms with van der Waals surface area (Å²) in [5.41, 5.74) is 3.44. The van der Waals surface area contributed by atoms with Crippen LogP contribution in [0.15, 0.2) is 18.2 Å². The van der Waals surface area contributed by atoms with Gasteiger partial charge in [-0.3, -0.25) is 0 Å². The summed E-state index contributed by atoms with van der Waals surface area (Å²) in [6.07, 6.45) is 2.17. The predicted octanol–water partition coefficient (Wildman–Crippen LogP) is 3.34. The van der Waals surface area contributed by atoms with Crippen molar-refractivity contribution in [1.82, 2.24) is 15.3 Å². The Morgan fingerprint density at radius 2 is 2.05 bits per heavy atom. The summed E-state index contributed by atoms with van der Waals surface area (Å²) < 4.78 is 5.45. The van der Waals surface area contributed by atoms with Crippen LogP contribution in [0.2, 0.25) is 0 Å². The average molecular weight is 287 g/mol. The van der Waals surface area contributed by atoms with E-state index in [2.05, 4.69) is 49.3 Å². The minimum atomic E-state index is 0.265. The lowest BCUT2D eigenvalue weighted by Gasteiger charge is -2.29. The smallest absolute Gasteiger partial charge is 0.124 e. The van der Waals surface area contributed by atoms with E-state index in [-0.39, 0.29) is 6.04 Å². The van der Waals surface area contributed by atoms with Crippen molar-refractivity contribution >= 4 is 11.0 Å². The summed E-state index contributed by atoms with van der Waals surface area (Å²) in [6.45, 7) is 8.33. The molecule has 4 heteroatoms. The van der Waals surface area contributed by atoms with Crippen molar-refractivity contribution in [3.8, 4) is 0 Å².